The molecule has 30 heavy (non-hydrogen) atoms. The van der Waals surface area contributed by atoms with Crippen LogP contribution in [0.2, 0.25) is 0 Å². The molecule has 5 N–H and O–H groups in total. The predicted molar refractivity (Wildman–Crippen MR) is 110 cm³/mol. The molecule has 0 saturated carbocycles. The summed E-state index contributed by atoms with van der Waals surface area (Å²) in [6.45, 7) is 3.89. The number of carboxylic acid groups (broad SMARTS) is 1. The molecule has 0 aliphatic rings. The normalized spacial score (nSPS) is 11.2. The summed E-state index contributed by atoms with van der Waals surface area (Å²) in [7, 11) is -0.709. The van der Waals surface area contributed by atoms with Gasteiger partial charge in [-0.15, -0.1) is 0 Å². The summed E-state index contributed by atoms with van der Waals surface area (Å²) in [6, 6.07) is 8.37. The fourth-order valence-corrected chi connectivity index (χ4v) is 2.48. The highest BCUT2D eigenvalue weighted by atomic mass is 16.5. The molecule has 0 radical (unpaired) electrons. The van der Waals surface area contributed by atoms with Crippen molar-refractivity contribution in [2.75, 3.05) is 13.7 Å². The molecule has 2 amide bonds. The number of amides is 2. The predicted octanol–water partition coefficient (Wildman–Crippen LogP) is -0.0370. The SMILES string of the molecule is COCCC(=O)N(NC(=O)CCc1ccccc1)[C@@H](CC(C)C)C(=O)O.OB(O)O. The fourth-order valence-electron chi connectivity index (χ4n) is 2.48. The first-order valence-electron chi connectivity index (χ1n) is 9.49. The minimum absolute atomic E-state index is 0.00264. The molecule has 0 heterocycles. The molecule has 168 valence electrons. The second kappa shape index (κ2) is 15.4. The first kappa shape index (κ1) is 27.5. The lowest BCUT2D eigenvalue weighted by molar-refractivity contribution is -0.157. The molecule has 1 rings (SSSR count). The zero-order valence-electron chi connectivity index (χ0n) is 17.5. The summed E-state index contributed by atoms with van der Waals surface area (Å²) >= 11 is 0. The highest BCUT2D eigenvalue weighted by Gasteiger charge is 2.31. The molecule has 1 aromatic rings. The number of benzene rings is 1. The average molecular weight is 426 g/mol. The Morgan fingerprint density at radius 3 is 2.13 bits per heavy atom. The van der Waals surface area contributed by atoms with Gasteiger partial charge in [0, 0.05) is 13.5 Å². The Balaban J connectivity index is 0.00000192. The van der Waals surface area contributed by atoms with E-state index in [0.29, 0.717) is 6.42 Å². The molecular weight excluding hydrogens is 395 g/mol. The van der Waals surface area contributed by atoms with E-state index < -0.39 is 31.1 Å². The number of nitrogens with zero attached hydrogens (tertiary/aromatic N) is 1. The quantitative estimate of drug-likeness (QED) is 0.258. The summed E-state index contributed by atoms with van der Waals surface area (Å²) in [6.07, 6.45) is 0.908. The monoisotopic (exact) mass is 426 g/mol. The summed E-state index contributed by atoms with van der Waals surface area (Å²) in [4.78, 5) is 36.3. The van der Waals surface area contributed by atoms with E-state index in [4.69, 9.17) is 19.8 Å². The molecule has 0 bridgehead atoms. The van der Waals surface area contributed by atoms with Crippen LogP contribution in [0.25, 0.3) is 0 Å². The zero-order chi connectivity index (χ0) is 23.1. The van der Waals surface area contributed by atoms with Crippen LogP contribution in [0, 0.1) is 5.92 Å². The van der Waals surface area contributed by atoms with Crippen LogP contribution in [0.3, 0.4) is 0 Å². The number of methoxy groups -OCH3 is 1. The van der Waals surface area contributed by atoms with Gasteiger partial charge in [-0.25, -0.2) is 9.80 Å². The number of hydrogen-bond donors (Lipinski definition) is 5. The van der Waals surface area contributed by atoms with E-state index in [9.17, 15) is 19.5 Å². The number of hydrazine groups is 1. The lowest BCUT2D eigenvalue weighted by atomic mass is 10.0. The minimum Gasteiger partial charge on any atom is -0.480 e. The number of nitrogens with one attached hydrogen (secondary N) is 1. The number of hydrogen-bond acceptors (Lipinski definition) is 7. The van der Waals surface area contributed by atoms with E-state index in [1.807, 2.05) is 44.2 Å². The smallest absolute Gasteiger partial charge is 0.480 e. The van der Waals surface area contributed by atoms with Crippen molar-refractivity contribution < 1.29 is 39.3 Å². The Kier molecular flexibility index (Phi) is 14.1. The van der Waals surface area contributed by atoms with E-state index >= 15 is 0 Å². The third-order valence-corrected chi connectivity index (χ3v) is 3.81. The van der Waals surface area contributed by atoms with Crippen LogP contribution in [0.5, 0.6) is 0 Å². The van der Waals surface area contributed by atoms with Gasteiger partial charge in [0.05, 0.1) is 13.0 Å². The van der Waals surface area contributed by atoms with Gasteiger partial charge in [0.15, 0.2) is 6.04 Å². The standard InChI is InChI=1S/C19H28N2O5.BH3O3/c1-14(2)13-16(19(24)25)21(18(23)11-12-26-3)20-17(22)10-9-15-7-5-4-6-8-15;2-1(3)4/h4-8,14,16H,9-13H2,1-3H3,(H,20,22)(H,24,25);2-4H/t16-;/m0./s1. The van der Waals surface area contributed by atoms with Gasteiger partial charge in [-0.2, -0.15) is 0 Å². The van der Waals surface area contributed by atoms with Crippen molar-refractivity contribution in [1.82, 2.24) is 10.4 Å². The third-order valence-electron chi connectivity index (χ3n) is 3.81. The van der Waals surface area contributed by atoms with Crippen molar-refractivity contribution in [1.29, 1.82) is 0 Å². The number of aryl methyl sites for hydroxylation is 1. The number of ether oxygens (including phenoxy) is 1. The van der Waals surface area contributed by atoms with E-state index in [2.05, 4.69) is 5.43 Å². The highest BCUT2D eigenvalue weighted by molar-refractivity contribution is 6.30. The van der Waals surface area contributed by atoms with Crippen molar-refractivity contribution in [2.45, 2.75) is 45.6 Å². The first-order chi connectivity index (χ1) is 14.1. The van der Waals surface area contributed by atoms with Gasteiger partial charge in [-0.1, -0.05) is 44.2 Å². The summed E-state index contributed by atoms with van der Waals surface area (Å²) in [5.41, 5.74) is 3.49. The Bertz CT molecular complexity index is 640. The Labute approximate surface area is 176 Å². The first-order valence-corrected chi connectivity index (χ1v) is 9.49. The maximum atomic E-state index is 12.4. The zero-order valence-corrected chi connectivity index (χ0v) is 17.5. The van der Waals surface area contributed by atoms with E-state index in [1.54, 1.807) is 0 Å². The molecule has 10 nitrogen and oxygen atoms in total. The second-order valence-electron chi connectivity index (χ2n) is 6.86. The van der Waals surface area contributed by atoms with Crippen LogP contribution in [0.1, 0.15) is 38.7 Å². The van der Waals surface area contributed by atoms with Crippen LogP contribution in [-0.2, 0) is 25.5 Å². The maximum Gasteiger partial charge on any atom is 0.631 e. The van der Waals surface area contributed by atoms with E-state index in [-0.39, 0.29) is 31.8 Å². The van der Waals surface area contributed by atoms with Gasteiger partial charge < -0.3 is 24.9 Å². The van der Waals surface area contributed by atoms with Crippen LogP contribution in [0.4, 0.5) is 0 Å². The Morgan fingerprint density at radius 2 is 1.67 bits per heavy atom. The highest BCUT2D eigenvalue weighted by Crippen LogP contribution is 2.12. The molecule has 1 atom stereocenters. The molecule has 0 aliphatic carbocycles. The third kappa shape index (κ3) is 12.9. The van der Waals surface area contributed by atoms with Gasteiger partial charge in [-0.05, 0) is 24.3 Å². The van der Waals surface area contributed by atoms with Crippen LogP contribution < -0.4 is 5.43 Å². The van der Waals surface area contributed by atoms with E-state index in [1.165, 1.54) is 7.11 Å². The van der Waals surface area contributed by atoms with Gasteiger partial charge >= 0.3 is 13.3 Å². The second-order valence-corrected chi connectivity index (χ2v) is 6.86. The number of carboxylic acids is 1. The molecule has 11 heteroatoms. The summed E-state index contributed by atoms with van der Waals surface area (Å²) < 4.78 is 4.89. The maximum absolute atomic E-state index is 12.4. The molecule has 0 saturated heterocycles. The van der Waals surface area contributed by atoms with Gasteiger partial charge in [0.2, 0.25) is 11.8 Å². The topological polar surface area (TPSA) is 157 Å². The van der Waals surface area contributed by atoms with Crippen molar-refractivity contribution in [3.05, 3.63) is 35.9 Å². The lowest BCUT2D eigenvalue weighted by Crippen LogP contribution is -2.55. The number of rotatable bonds is 10. The lowest BCUT2D eigenvalue weighted by Gasteiger charge is -2.30. The number of carbonyl (C=O) groups excluding carboxylic acids is 2. The van der Waals surface area contributed by atoms with Crippen LogP contribution >= 0.6 is 0 Å². The molecule has 0 aliphatic heterocycles. The molecule has 0 unspecified atom stereocenters. The Hall–Kier alpha value is -2.47. The summed E-state index contributed by atoms with van der Waals surface area (Å²) in [5.74, 6) is -1.97. The molecule has 1 aromatic carbocycles. The van der Waals surface area contributed by atoms with Gasteiger partial charge in [0.1, 0.15) is 0 Å². The van der Waals surface area contributed by atoms with Gasteiger partial charge in [0.25, 0.3) is 0 Å². The van der Waals surface area contributed by atoms with Crippen LogP contribution in [0.15, 0.2) is 30.3 Å². The fraction of sp³-hybridized carbons (Fsp3) is 0.526. The van der Waals surface area contributed by atoms with E-state index in [0.717, 1.165) is 10.6 Å². The average Bonchev–Trinajstić information content (AvgIpc) is 2.67. The minimum atomic E-state index is -2.17. The Morgan fingerprint density at radius 1 is 1.10 bits per heavy atom. The molecule has 0 spiro atoms. The number of carbonyl (C=O) groups is 3. The molecular formula is C19H31BN2O8. The largest absolute Gasteiger partial charge is 0.631 e. The van der Waals surface area contributed by atoms with Crippen molar-refractivity contribution in [3.8, 4) is 0 Å². The van der Waals surface area contributed by atoms with Crippen molar-refractivity contribution >= 4 is 25.1 Å². The van der Waals surface area contributed by atoms with Gasteiger partial charge in [-0.3, -0.25) is 15.0 Å². The molecule has 0 fully saturated rings. The van der Waals surface area contributed by atoms with Crippen molar-refractivity contribution in [2.24, 2.45) is 5.92 Å². The van der Waals surface area contributed by atoms with Crippen molar-refractivity contribution in [3.63, 3.8) is 0 Å². The van der Waals surface area contributed by atoms with Crippen LogP contribution in [-0.4, -0.2) is 70.1 Å². The number of aliphatic carboxylic acids is 1. The molecule has 0 aromatic heterocycles. The summed E-state index contributed by atoms with van der Waals surface area (Å²) in [5, 5.41) is 32.0.